The summed E-state index contributed by atoms with van der Waals surface area (Å²) in [6, 6.07) is -0.130. The Balaban J connectivity index is 2.49. The van der Waals surface area contributed by atoms with Gasteiger partial charge in [0.25, 0.3) is 0 Å². The molecule has 7 heteroatoms. The Kier molecular flexibility index (Phi) is 5.61. The van der Waals surface area contributed by atoms with Crippen LogP contribution in [0.1, 0.15) is 13.8 Å². The fourth-order valence-electron chi connectivity index (χ4n) is 1.57. The van der Waals surface area contributed by atoms with Gasteiger partial charge in [-0.15, -0.1) is 0 Å². The highest BCUT2D eigenvalue weighted by molar-refractivity contribution is 7.91. The number of nitrogens with zero attached hydrogens (tertiary/aromatic N) is 2. The number of nitrogens with one attached hydrogen (secondary N) is 1. The first-order valence-electron chi connectivity index (χ1n) is 5.95. The van der Waals surface area contributed by atoms with E-state index >= 15 is 0 Å². The normalized spacial score (nSPS) is 13.5. The average molecular weight is 275 g/mol. The second-order valence-corrected chi connectivity index (χ2v) is 6.63. The minimum Gasteiger partial charge on any atom is -0.383 e. The van der Waals surface area contributed by atoms with Gasteiger partial charge in [-0.1, -0.05) is 6.92 Å². The molecule has 0 aliphatic rings. The first-order valence-corrected chi connectivity index (χ1v) is 7.77. The van der Waals surface area contributed by atoms with Crippen molar-refractivity contribution in [3.8, 4) is 0 Å². The van der Waals surface area contributed by atoms with Gasteiger partial charge >= 0.3 is 0 Å². The Morgan fingerprint density at radius 1 is 1.56 bits per heavy atom. The molecule has 0 saturated carbocycles. The lowest BCUT2D eigenvalue weighted by Gasteiger charge is -2.12. The second kappa shape index (κ2) is 6.75. The Hall–Kier alpha value is -1.08. The first-order chi connectivity index (χ1) is 8.46. The second-order valence-electron chi connectivity index (χ2n) is 4.23. The van der Waals surface area contributed by atoms with Crippen molar-refractivity contribution in [1.82, 2.24) is 9.78 Å². The minimum absolute atomic E-state index is 0.130. The van der Waals surface area contributed by atoms with Crippen LogP contribution >= 0.6 is 0 Å². The summed E-state index contributed by atoms with van der Waals surface area (Å²) in [5.41, 5.74) is 0.824. The molecule has 0 saturated heterocycles. The van der Waals surface area contributed by atoms with Gasteiger partial charge in [0.15, 0.2) is 9.84 Å². The lowest BCUT2D eigenvalue weighted by atomic mass is 10.4. The van der Waals surface area contributed by atoms with Gasteiger partial charge in [0, 0.05) is 25.1 Å². The summed E-state index contributed by atoms with van der Waals surface area (Å²) in [5.74, 6) is 0.304. The summed E-state index contributed by atoms with van der Waals surface area (Å²) in [6.07, 6.45) is 3.53. The number of hydrogen-bond acceptors (Lipinski definition) is 5. The monoisotopic (exact) mass is 275 g/mol. The predicted molar refractivity (Wildman–Crippen MR) is 71.5 cm³/mol. The number of rotatable bonds is 8. The highest BCUT2D eigenvalue weighted by Gasteiger charge is 2.13. The Morgan fingerprint density at radius 3 is 2.89 bits per heavy atom. The number of aromatic nitrogens is 2. The third-order valence-electron chi connectivity index (χ3n) is 2.51. The van der Waals surface area contributed by atoms with Gasteiger partial charge in [-0.2, -0.15) is 5.10 Å². The van der Waals surface area contributed by atoms with Gasteiger partial charge in [-0.25, -0.2) is 8.42 Å². The van der Waals surface area contributed by atoms with Gasteiger partial charge in [0.1, 0.15) is 0 Å². The summed E-state index contributed by atoms with van der Waals surface area (Å²) in [6.45, 7) is 4.78. The smallest absolute Gasteiger partial charge is 0.152 e. The van der Waals surface area contributed by atoms with Crippen molar-refractivity contribution in [2.45, 2.75) is 26.4 Å². The fourth-order valence-corrected chi connectivity index (χ4v) is 2.65. The number of methoxy groups -OCH3 is 1. The molecule has 6 nitrogen and oxygen atoms in total. The molecule has 18 heavy (non-hydrogen) atoms. The van der Waals surface area contributed by atoms with Crippen LogP contribution in [-0.4, -0.2) is 49.5 Å². The predicted octanol–water partition coefficient (Wildman–Crippen LogP) is 0.765. The summed E-state index contributed by atoms with van der Waals surface area (Å²) >= 11 is 0. The van der Waals surface area contributed by atoms with Gasteiger partial charge in [-0.05, 0) is 6.92 Å². The van der Waals surface area contributed by atoms with Crippen molar-refractivity contribution in [2.75, 3.05) is 30.5 Å². The molecule has 1 unspecified atom stereocenters. The van der Waals surface area contributed by atoms with E-state index < -0.39 is 9.84 Å². The van der Waals surface area contributed by atoms with E-state index in [2.05, 4.69) is 10.4 Å². The van der Waals surface area contributed by atoms with Crippen LogP contribution in [0.5, 0.6) is 0 Å². The van der Waals surface area contributed by atoms with E-state index in [1.54, 1.807) is 24.9 Å². The van der Waals surface area contributed by atoms with E-state index in [4.69, 9.17) is 4.74 Å². The molecule has 1 atom stereocenters. The van der Waals surface area contributed by atoms with E-state index in [1.165, 1.54) is 0 Å². The highest BCUT2D eigenvalue weighted by atomic mass is 32.2. The molecule has 0 aliphatic heterocycles. The van der Waals surface area contributed by atoms with Crippen LogP contribution in [0.25, 0.3) is 0 Å². The van der Waals surface area contributed by atoms with Crippen LogP contribution in [0.15, 0.2) is 12.4 Å². The zero-order valence-electron chi connectivity index (χ0n) is 11.1. The molecule has 104 valence electrons. The topological polar surface area (TPSA) is 73.2 Å². The molecule has 0 bridgehead atoms. The Morgan fingerprint density at radius 2 is 2.28 bits per heavy atom. The lowest BCUT2D eigenvalue weighted by Crippen LogP contribution is -2.26. The molecular formula is C11H21N3O3S. The van der Waals surface area contributed by atoms with Crippen LogP contribution in [0.4, 0.5) is 5.69 Å². The van der Waals surface area contributed by atoms with Crippen molar-refractivity contribution < 1.29 is 13.2 Å². The van der Waals surface area contributed by atoms with E-state index in [0.29, 0.717) is 13.2 Å². The van der Waals surface area contributed by atoms with E-state index in [0.717, 1.165) is 5.69 Å². The fraction of sp³-hybridized carbons (Fsp3) is 0.727. The number of sulfone groups is 1. The van der Waals surface area contributed by atoms with Gasteiger partial charge in [0.05, 0.1) is 30.8 Å². The van der Waals surface area contributed by atoms with Gasteiger partial charge < -0.3 is 10.1 Å². The van der Waals surface area contributed by atoms with Crippen molar-refractivity contribution in [3.63, 3.8) is 0 Å². The van der Waals surface area contributed by atoms with Crippen LogP contribution in [0.3, 0.4) is 0 Å². The number of hydrogen-bond donors (Lipinski definition) is 1. The zero-order valence-corrected chi connectivity index (χ0v) is 11.9. The maximum absolute atomic E-state index is 11.5. The van der Waals surface area contributed by atoms with Crippen molar-refractivity contribution in [1.29, 1.82) is 0 Å². The molecule has 1 aromatic heterocycles. The molecule has 1 rings (SSSR count). The van der Waals surface area contributed by atoms with Gasteiger partial charge in [0.2, 0.25) is 0 Å². The molecule has 1 aromatic rings. The molecule has 0 spiro atoms. The largest absolute Gasteiger partial charge is 0.383 e. The lowest BCUT2D eigenvalue weighted by molar-refractivity contribution is 0.183. The zero-order chi connectivity index (χ0) is 13.6. The molecule has 0 amide bonds. The molecule has 0 aliphatic carbocycles. The molecule has 0 aromatic carbocycles. The highest BCUT2D eigenvalue weighted by Crippen LogP contribution is 2.08. The van der Waals surface area contributed by atoms with Crippen LogP contribution in [-0.2, 0) is 21.1 Å². The van der Waals surface area contributed by atoms with Crippen LogP contribution < -0.4 is 5.32 Å². The number of ether oxygens (including phenoxy) is 1. The quantitative estimate of drug-likeness (QED) is 0.758. The summed E-state index contributed by atoms with van der Waals surface area (Å²) in [4.78, 5) is 0. The summed E-state index contributed by atoms with van der Waals surface area (Å²) < 4.78 is 29.7. The molecular weight excluding hydrogens is 254 g/mol. The van der Waals surface area contributed by atoms with Crippen molar-refractivity contribution >= 4 is 15.5 Å². The summed E-state index contributed by atoms with van der Waals surface area (Å²) in [5, 5.41) is 7.27. The molecule has 1 N–H and O–H groups in total. The first kappa shape index (κ1) is 15.0. The van der Waals surface area contributed by atoms with Gasteiger partial charge in [-0.3, -0.25) is 4.68 Å². The van der Waals surface area contributed by atoms with E-state index in [1.807, 2.05) is 13.1 Å². The third-order valence-corrected chi connectivity index (χ3v) is 4.40. The van der Waals surface area contributed by atoms with Crippen molar-refractivity contribution in [2.24, 2.45) is 0 Å². The van der Waals surface area contributed by atoms with E-state index in [-0.39, 0.29) is 17.5 Å². The SMILES string of the molecule is CCS(=O)(=O)CC(C)Nc1cnn(CCOC)c1. The van der Waals surface area contributed by atoms with Crippen LogP contribution in [0, 0.1) is 0 Å². The maximum Gasteiger partial charge on any atom is 0.152 e. The third kappa shape index (κ3) is 5.05. The molecule has 0 fully saturated rings. The standard InChI is InChI=1S/C11H21N3O3S/c1-4-18(15,16)9-10(2)13-11-7-12-14(8-11)5-6-17-3/h7-8,10,13H,4-6,9H2,1-3H3. The Bertz CT molecular complexity index is 456. The van der Waals surface area contributed by atoms with Crippen LogP contribution in [0.2, 0.25) is 0 Å². The average Bonchev–Trinajstić information content (AvgIpc) is 2.73. The molecule has 1 heterocycles. The molecule has 0 radical (unpaired) electrons. The maximum atomic E-state index is 11.5. The minimum atomic E-state index is -2.96. The summed E-state index contributed by atoms with van der Waals surface area (Å²) in [7, 11) is -1.32. The van der Waals surface area contributed by atoms with E-state index in [9.17, 15) is 8.42 Å². The number of anilines is 1. The Labute approximate surface area is 108 Å². The van der Waals surface area contributed by atoms with Crippen molar-refractivity contribution in [3.05, 3.63) is 12.4 Å².